The predicted octanol–water partition coefficient (Wildman–Crippen LogP) is 1.30. The first-order valence-electron chi connectivity index (χ1n) is 5.72. The van der Waals surface area contributed by atoms with E-state index in [0.717, 1.165) is 4.88 Å². The molecule has 104 valence electrons. The maximum Gasteiger partial charge on any atom is 0.241 e. The topological polar surface area (TPSA) is 81.4 Å². The highest BCUT2D eigenvalue weighted by Crippen LogP contribution is 2.19. The van der Waals surface area contributed by atoms with Gasteiger partial charge < -0.3 is 10.5 Å². The second kappa shape index (κ2) is 6.12. The molecule has 18 heavy (non-hydrogen) atoms. The number of hydrogen-bond donors (Lipinski definition) is 2. The monoisotopic (exact) mass is 292 g/mol. The molecule has 0 atom stereocenters. The van der Waals surface area contributed by atoms with Crippen LogP contribution in [-0.4, -0.2) is 27.2 Å². The van der Waals surface area contributed by atoms with E-state index in [1.807, 2.05) is 20.8 Å². The van der Waals surface area contributed by atoms with Crippen molar-refractivity contribution in [1.29, 1.82) is 0 Å². The summed E-state index contributed by atoms with van der Waals surface area (Å²) in [5.74, 6) is 0. The van der Waals surface area contributed by atoms with Crippen molar-refractivity contribution >= 4 is 21.4 Å². The molecule has 0 radical (unpaired) electrons. The minimum Gasteiger partial charge on any atom is -0.375 e. The van der Waals surface area contributed by atoms with Gasteiger partial charge in [-0.15, -0.1) is 11.3 Å². The second-order valence-corrected chi connectivity index (χ2v) is 7.23. The fraction of sp³-hybridized carbons (Fsp3) is 0.636. The third kappa shape index (κ3) is 4.33. The number of rotatable bonds is 7. The van der Waals surface area contributed by atoms with Crippen LogP contribution in [0.5, 0.6) is 0 Å². The molecule has 1 aromatic rings. The van der Waals surface area contributed by atoms with E-state index in [-0.39, 0.29) is 11.4 Å². The lowest BCUT2D eigenvalue weighted by Gasteiger charge is -2.24. The van der Waals surface area contributed by atoms with Crippen molar-refractivity contribution < 1.29 is 13.2 Å². The van der Waals surface area contributed by atoms with E-state index in [4.69, 9.17) is 10.5 Å². The molecule has 0 bridgehead atoms. The second-order valence-electron chi connectivity index (χ2n) is 4.47. The quantitative estimate of drug-likeness (QED) is 0.793. The van der Waals surface area contributed by atoms with E-state index < -0.39 is 15.6 Å². The maximum absolute atomic E-state index is 12.0. The van der Waals surface area contributed by atoms with Crippen molar-refractivity contribution in [3.05, 3.63) is 16.3 Å². The van der Waals surface area contributed by atoms with Crippen LogP contribution in [0.25, 0.3) is 0 Å². The van der Waals surface area contributed by atoms with E-state index in [9.17, 15) is 8.42 Å². The van der Waals surface area contributed by atoms with Crippen LogP contribution in [-0.2, 0) is 21.3 Å². The molecule has 0 unspecified atom stereocenters. The van der Waals surface area contributed by atoms with E-state index in [0.29, 0.717) is 13.2 Å². The van der Waals surface area contributed by atoms with Crippen molar-refractivity contribution in [3.63, 3.8) is 0 Å². The van der Waals surface area contributed by atoms with Crippen LogP contribution in [0.4, 0.5) is 0 Å². The van der Waals surface area contributed by atoms with Gasteiger partial charge in [-0.3, -0.25) is 0 Å². The van der Waals surface area contributed by atoms with Crippen LogP contribution in [0, 0.1) is 0 Å². The van der Waals surface area contributed by atoms with Crippen LogP contribution in [0.3, 0.4) is 0 Å². The Morgan fingerprint density at radius 3 is 2.67 bits per heavy atom. The highest BCUT2D eigenvalue weighted by molar-refractivity contribution is 7.89. The average molecular weight is 292 g/mol. The van der Waals surface area contributed by atoms with E-state index >= 15 is 0 Å². The molecule has 1 heterocycles. The summed E-state index contributed by atoms with van der Waals surface area (Å²) >= 11 is 1.34. The van der Waals surface area contributed by atoms with Crippen molar-refractivity contribution in [2.75, 3.05) is 13.2 Å². The molecule has 0 spiro atoms. The lowest BCUT2D eigenvalue weighted by atomic mass is 10.1. The molecular weight excluding hydrogens is 272 g/mol. The molecule has 0 aliphatic heterocycles. The van der Waals surface area contributed by atoms with Crippen LogP contribution >= 0.6 is 11.3 Å². The summed E-state index contributed by atoms with van der Waals surface area (Å²) in [6, 6.07) is 1.60. The summed E-state index contributed by atoms with van der Waals surface area (Å²) in [6.45, 7) is 6.70. The Kier molecular flexibility index (Phi) is 5.30. The third-order valence-corrected chi connectivity index (χ3v) is 4.85. The van der Waals surface area contributed by atoms with Crippen molar-refractivity contribution in [1.82, 2.24) is 4.72 Å². The molecule has 3 N–H and O–H groups in total. The summed E-state index contributed by atoms with van der Waals surface area (Å²) in [4.78, 5) is 1.11. The van der Waals surface area contributed by atoms with Gasteiger partial charge in [-0.25, -0.2) is 13.1 Å². The molecule has 0 saturated heterocycles. The summed E-state index contributed by atoms with van der Waals surface area (Å²) in [5, 5.41) is 1.60. The highest BCUT2D eigenvalue weighted by Gasteiger charge is 2.23. The van der Waals surface area contributed by atoms with E-state index in [2.05, 4.69) is 4.72 Å². The van der Waals surface area contributed by atoms with Crippen LogP contribution in [0.15, 0.2) is 16.3 Å². The molecule has 1 rings (SSSR count). The van der Waals surface area contributed by atoms with Gasteiger partial charge in [0.05, 0.1) is 10.5 Å². The number of ether oxygens (including phenoxy) is 1. The van der Waals surface area contributed by atoms with Gasteiger partial charge in [0, 0.05) is 30.0 Å². The lowest BCUT2D eigenvalue weighted by Crippen LogP contribution is -2.40. The molecule has 5 nitrogen and oxygen atoms in total. The van der Waals surface area contributed by atoms with Gasteiger partial charge in [-0.1, -0.05) is 0 Å². The third-order valence-electron chi connectivity index (χ3n) is 2.36. The summed E-state index contributed by atoms with van der Waals surface area (Å²) in [6.07, 6.45) is 0. The zero-order valence-electron chi connectivity index (χ0n) is 10.9. The number of hydrogen-bond acceptors (Lipinski definition) is 5. The summed E-state index contributed by atoms with van der Waals surface area (Å²) in [7, 11) is -3.48. The molecule has 0 saturated carbocycles. The van der Waals surface area contributed by atoms with Gasteiger partial charge in [0.1, 0.15) is 0 Å². The van der Waals surface area contributed by atoms with E-state index in [1.54, 1.807) is 11.4 Å². The fourth-order valence-electron chi connectivity index (χ4n) is 1.40. The van der Waals surface area contributed by atoms with Gasteiger partial charge in [0.15, 0.2) is 0 Å². The largest absolute Gasteiger partial charge is 0.375 e. The highest BCUT2D eigenvalue weighted by atomic mass is 32.2. The van der Waals surface area contributed by atoms with Gasteiger partial charge in [-0.2, -0.15) is 0 Å². The summed E-state index contributed by atoms with van der Waals surface area (Å²) in [5.41, 5.74) is 4.95. The smallest absolute Gasteiger partial charge is 0.241 e. The fourth-order valence-corrected chi connectivity index (χ4v) is 3.76. The maximum atomic E-state index is 12.0. The van der Waals surface area contributed by atoms with Crippen LogP contribution in [0.1, 0.15) is 25.6 Å². The Morgan fingerprint density at radius 1 is 1.50 bits per heavy atom. The van der Waals surface area contributed by atoms with Gasteiger partial charge >= 0.3 is 0 Å². The number of nitrogens with two attached hydrogens (primary N) is 1. The zero-order valence-corrected chi connectivity index (χ0v) is 12.5. The molecule has 7 heteroatoms. The first-order valence-corrected chi connectivity index (χ1v) is 8.08. The Labute approximate surface area is 112 Å². The standard InChI is InChI=1S/C11H20N2O3S2/c1-4-16-11(2,3)8-13-18(14,15)10-5-9(6-12)17-7-10/h5,7,13H,4,6,8,12H2,1-3H3. The molecular formula is C11H20N2O3S2. The van der Waals surface area contributed by atoms with E-state index in [1.165, 1.54) is 11.3 Å². The molecule has 0 amide bonds. The van der Waals surface area contributed by atoms with Gasteiger partial charge in [0.2, 0.25) is 10.0 Å². The SMILES string of the molecule is CCOC(C)(C)CNS(=O)(=O)c1csc(CN)c1. The van der Waals surface area contributed by atoms with Gasteiger partial charge in [-0.05, 0) is 26.8 Å². The molecule has 1 aromatic heterocycles. The summed E-state index contributed by atoms with van der Waals surface area (Å²) < 4.78 is 32.0. The minimum absolute atomic E-state index is 0.233. The number of sulfonamides is 1. The lowest BCUT2D eigenvalue weighted by molar-refractivity contribution is -0.00514. The van der Waals surface area contributed by atoms with Crippen LogP contribution in [0.2, 0.25) is 0 Å². The normalized spacial score (nSPS) is 12.9. The van der Waals surface area contributed by atoms with Crippen molar-refractivity contribution in [3.8, 4) is 0 Å². The Hall–Kier alpha value is -0.470. The Bertz CT molecular complexity index is 480. The first-order chi connectivity index (χ1) is 8.30. The molecule has 0 aromatic carbocycles. The number of thiophene rings is 1. The molecule has 0 aliphatic rings. The molecule has 0 aliphatic carbocycles. The molecule has 0 fully saturated rings. The minimum atomic E-state index is -3.48. The Balaban J connectivity index is 2.71. The van der Waals surface area contributed by atoms with Crippen LogP contribution < -0.4 is 10.5 Å². The van der Waals surface area contributed by atoms with Crippen molar-refractivity contribution in [2.24, 2.45) is 5.73 Å². The zero-order chi connectivity index (χ0) is 13.8. The predicted molar refractivity (Wildman–Crippen MR) is 73.1 cm³/mol. The van der Waals surface area contributed by atoms with Crippen molar-refractivity contribution in [2.45, 2.75) is 37.8 Å². The Morgan fingerprint density at radius 2 is 2.17 bits per heavy atom. The average Bonchev–Trinajstić information content (AvgIpc) is 2.76. The van der Waals surface area contributed by atoms with Gasteiger partial charge in [0.25, 0.3) is 0 Å². The number of nitrogens with one attached hydrogen (secondary N) is 1. The first kappa shape index (κ1) is 15.6.